The van der Waals surface area contributed by atoms with Gasteiger partial charge in [0.15, 0.2) is 11.5 Å². The summed E-state index contributed by atoms with van der Waals surface area (Å²) in [5.41, 5.74) is 2.00. The molecule has 1 aromatic carbocycles. The van der Waals surface area contributed by atoms with Crippen molar-refractivity contribution >= 4 is 16.6 Å². The van der Waals surface area contributed by atoms with Crippen molar-refractivity contribution in [2.75, 3.05) is 58.8 Å². The van der Waals surface area contributed by atoms with Crippen molar-refractivity contribution < 1.29 is 9.47 Å². The molecule has 1 aliphatic heterocycles. The summed E-state index contributed by atoms with van der Waals surface area (Å²) < 4.78 is 11.6. The summed E-state index contributed by atoms with van der Waals surface area (Å²) in [6, 6.07) is 6.03. The SMILES string of the molecule is CNCCCNc1ccnc2cc(OCCCN3CCCC3)c(OC)cc12. The minimum atomic E-state index is 0.695. The Morgan fingerprint density at radius 2 is 1.96 bits per heavy atom. The van der Waals surface area contributed by atoms with Gasteiger partial charge in [-0.1, -0.05) is 0 Å². The zero-order chi connectivity index (χ0) is 18.9. The van der Waals surface area contributed by atoms with Gasteiger partial charge < -0.3 is 25.0 Å². The summed E-state index contributed by atoms with van der Waals surface area (Å²) in [5.74, 6) is 1.53. The number of fused-ring (bicyclic) bond motifs is 1. The van der Waals surface area contributed by atoms with Gasteiger partial charge in [0.2, 0.25) is 0 Å². The second-order valence-electron chi connectivity index (χ2n) is 7.01. The molecule has 1 saturated heterocycles. The maximum Gasteiger partial charge on any atom is 0.163 e. The third-order valence-corrected chi connectivity index (χ3v) is 5.02. The number of rotatable bonds is 11. The zero-order valence-electron chi connectivity index (χ0n) is 16.6. The lowest BCUT2D eigenvalue weighted by Gasteiger charge is -2.16. The number of pyridine rings is 1. The molecule has 1 fully saturated rings. The van der Waals surface area contributed by atoms with Crippen LogP contribution in [0.15, 0.2) is 24.4 Å². The molecule has 0 aliphatic carbocycles. The first-order chi connectivity index (χ1) is 13.3. The fourth-order valence-corrected chi connectivity index (χ4v) is 3.54. The Bertz CT molecular complexity index is 717. The highest BCUT2D eigenvalue weighted by molar-refractivity contribution is 5.93. The molecule has 148 valence electrons. The highest BCUT2D eigenvalue weighted by Gasteiger charge is 2.13. The van der Waals surface area contributed by atoms with E-state index in [4.69, 9.17) is 9.47 Å². The Morgan fingerprint density at radius 3 is 2.74 bits per heavy atom. The van der Waals surface area contributed by atoms with Gasteiger partial charge in [-0.15, -0.1) is 0 Å². The van der Waals surface area contributed by atoms with Crippen LogP contribution in [0.3, 0.4) is 0 Å². The number of hydrogen-bond donors (Lipinski definition) is 2. The summed E-state index contributed by atoms with van der Waals surface area (Å²) in [6.45, 7) is 6.17. The Morgan fingerprint density at radius 1 is 1.11 bits per heavy atom. The Labute approximate surface area is 162 Å². The Hall–Kier alpha value is -2.05. The van der Waals surface area contributed by atoms with E-state index in [1.807, 2.05) is 31.4 Å². The van der Waals surface area contributed by atoms with E-state index in [1.54, 1.807) is 7.11 Å². The van der Waals surface area contributed by atoms with Crippen molar-refractivity contribution in [2.24, 2.45) is 0 Å². The lowest BCUT2D eigenvalue weighted by molar-refractivity contribution is 0.254. The molecule has 2 aromatic rings. The van der Waals surface area contributed by atoms with E-state index >= 15 is 0 Å². The van der Waals surface area contributed by atoms with Crippen LogP contribution in [0.1, 0.15) is 25.7 Å². The maximum absolute atomic E-state index is 6.03. The normalized spacial score (nSPS) is 14.6. The highest BCUT2D eigenvalue weighted by atomic mass is 16.5. The summed E-state index contributed by atoms with van der Waals surface area (Å²) in [7, 11) is 3.66. The molecule has 6 heteroatoms. The fourth-order valence-electron chi connectivity index (χ4n) is 3.54. The van der Waals surface area contributed by atoms with Gasteiger partial charge in [0, 0.05) is 36.4 Å². The molecule has 1 aliphatic rings. The van der Waals surface area contributed by atoms with Crippen LogP contribution in [0.25, 0.3) is 10.9 Å². The lowest BCUT2D eigenvalue weighted by atomic mass is 10.1. The minimum Gasteiger partial charge on any atom is -0.493 e. The van der Waals surface area contributed by atoms with Crippen LogP contribution in [0, 0.1) is 0 Å². The first-order valence-corrected chi connectivity index (χ1v) is 10.0. The molecule has 27 heavy (non-hydrogen) atoms. The highest BCUT2D eigenvalue weighted by Crippen LogP contribution is 2.34. The summed E-state index contributed by atoms with van der Waals surface area (Å²) in [6.07, 6.45) is 6.59. The predicted molar refractivity (Wildman–Crippen MR) is 111 cm³/mol. The van der Waals surface area contributed by atoms with E-state index < -0.39 is 0 Å². The van der Waals surface area contributed by atoms with Crippen molar-refractivity contribution in [1.29, 1.82) is 0 Å². The average Bonchev–Trinajstić information content (AvgIpc) is 3.21. The molecule has 0 saturated carbocycles. The molecule has 0 unspecified atom stereocenters. The third-order valence-electron chi connectivity index (χ3n) is 5.02. The lowest BCUT2D eigenvalue weighted by Crippen LogP contribution is -2.21. The molecule has 6 nitrogen and oxygen atoms in total. The van der Waals surface area contributed by atoms with E-state index in [0.29, 0.717) is 6.61 Å². The van der Waals surface area contributed by atoms with E-state index in [2.05, 4.69) is 20.5 Å². The number of ether oxygens (including phenoxy) is 2. The van der Waals surface area contributed by atoms with Gasteiger partial charge >= 0.3 is 0 Å². The molecule has 0 spiro atoms. The summed E-state index contributed by atoms with van der Waals surface area (Å²) in [4.78, 5) is 7.03. The van der Waals surface area contributed by atoms with Gasteiger partial charge in [-0.2, -0.15) is 0 Å². The molecule has 0 amide bonds. The van der Waals surface area contributed by atoms with Crippen molar-refractivity contribution in [1.82, 2.24) is 15.2 Å². The number of nitrogens with one attached hydrogen (secondary N) is 2. The molecular weight excluding hydrogens is 340 g/mol. The topological polar surface area (TPSA) is 58.7 Å². The van der Waals surface area contributed by atoms with Crippen LogP contribution in [0.2, 0.25) is 0 Å². The fraction of sp³-hybridized carbons (Fsp3) is 0.571. The van der Waals surface area contributed by atoms with Gasteiger partial charge in [0.25, 0.3) is 0 Å². The molecule has 0 radical (unpaired) electrons. The van der Waals surface area contributed by atoms with Crippen LogP contribution in [-0.2, 0) is 0 Å². The summed E-state index contributed by atoms with van der Waals surface area (Å²) >= 11 is 0. The van der Waals surface area contributed by atoms with Crippen molar-refractivity contribution in [3.8, 4) is 11.5 Å². The largest absolute Gasteiger partial charge is 0.493 e. The number of nitrogens with zero attached hydrogens (tertiary/aromatic N) is 2. The average molecular weight is 373 g/mol. The second-order valence-corrected chi connectivity index (χ2v) is 7.01. The van der Waals surface area contributed by atoms with Crippen LogP contribution in [0.5, 0.6) is 11.5 Å². The van der Waals surface area contributed by atoms with Crippen LogP contribution in [0.4, 0.5) is 5.69 Å². The number of aromatic nitrogens is 1. The number of benzene rings is 1. The van der Waals surface area contributed by atoms with E-state index in [9.17, 15) is 0 Å². The molecule has 3 rings (SSSR count). The number of anilines is 1. The molecular formula is C21H32N4O2. The second kappa shape index (κ2) is 10.3. The van der Waals surface area contributed by atoms with Gasteiger partial charge in [-0.25, -0.2) is 0 Å². The number of likely N-dealkylation sites (tertiary alicyclic amines) is 1. The van der Waals surface area contributed by atoms with Crippen LogP contribution < -0.4 is 20.1 Å². The van der Waals surface area contributed by atoms with Gasteiger partial charge in [-0.05, 0) is 64.5 Å². The first kappa shape index (κ1) is 19.7. The van der Waals surface area contributed by atoms with Crippen molar-refractivity contribution in [3.05, 3.63) is 24.4 Å². The molecule has 2 heterocycles. The van der Waals surface area contributed by atoms with Crippen molar-refractivity contribution in [3.63, 3.8) is 0 Å². The van der Waals surface area contributed by atoms with E-state index in [1.165, 1.54) is 25.9 Å². The van der Waals surface area contributed by atoms with E-state index in [-0.39, 0.29) is 0 Å². The Balaban J connectivity index is 1.64. The molecule has 1 aromatic heterocycles. The van der Waals surface area contributed by atoms with Gasteiger partial charge in [-0.3, -0.25) is 4.98 Å². The maximum atomic E-state index is 6.03. The molecule has 0 bridgehead atoms. The first-order valence-electron chi connectivity index (χ1n) is 10.0. The summed E-state index contributed by atoms with van der Waals surface area (Å²) in [5, 5.41) is 7.72. The monoisotopic (exact) mass is 372 g/mol. The van der Waals surface area contributed by atoms with Gasteiger partial charge in [0.05, 0.1) is 19.2 Å². The molecule has 0 atom stereocenters. The minimum absolute atomic E-state index is 0.695. The quantitative estimate of drug-likeness (QED) is 0.591. The van der Waals surface area contributed by atoms with Gasteiger partial charge in [0.1, 0.15) is 0 Å². The van der Waals surface area contributed by atoms with E-state index in [0.717, 1.165) is 60.6 Å². The zero-order valence-corrected chi connectivity index (χ0v) is 16.6. The Kier molecular flexibility index (Phi) is 7.54. The smallest absolute Gasteiger partial charge is 0.163 e. The standard InChI is InChI=1S/C21H32N4O2/c1-22-8-5-9-23-18-7-10-24-19-16-21(20(26-2)15-17(18)19)27-14-6-13-25-11-3-4-12-25/h7,10,15-16,22H,3-6,8-9,11-14H2,1-2H3,(H,23,24). The molecule has 2 N–H and O–H groups in total. The van der Waals surface area contributed by atoms with Crippen molar-refractivity contribution in [2.45, 2.75) is 25.7 Å². The third kappa shape index (κ3) is 5.47. The van der Waals surface area contributed by atoms with Crippen LogP contribution in [-0.4, -0.2) is 63.4 Å². The number of hydrogen-bond acceptors (Lipinski definition) is 6. The van der Waals surface area contributed by atoms with Crippen LogP contribution >= 0.6 is 0 Å². The number of methoxy groups -OCH3 is 1. The predicted octanol–water partition coefficient (Wildman–Crippen LogP) is 3.13.